The highest BCUT2D eigenvalue weighted by molar-refractivity contribution is 7.89. The number of sulfonamides is 1. The summed E-state index contributed by atoms with van der Waals surface area (Å²) in [5, 5.41) is 4.19. The highest BCUT2D eigenvalue weighted by Crippen LogP contribution is 2.32. The second kappa shape index (κ2) is 8.51. The van der Waals surface area contributed by atoms with Gasteiger partial charge in [-0.2, -0.15) is 9.29 Å². The summed E-state index contributed by atoms with van der Waals surface area (Å²) in [6.45, 7) is 6.39. The van der Waals surface area contributed by atoms with E-state index in [0.717, 1.165) is 5.56 Å². The standard InChI is InChI=1S/C23H26FN3O3S/c1-15-6-4-5-7-20(15)17(3)22-25-23(30-26-22)18-10-12-27(13-11-18)31(28,29)19-8-9-21(24)16(2)14-19/h4-9,14,17-18H,10-13H2,1-3H3/t17-/m1/s1. The first-order valence-corrected chi connectivity index (χ1v) is 11.9. The van der Waals surface area contributed by atoms with Crippen molar-refractivity contribution in [2.45, 2.75) is 50.3 Å². The van der Waals surface area contributed by atoms with E-state index in [2.05, 4.69) is 36.1 Å². The van der Waals surface area contributed by atoms with Crippen LogP contribution in [0.15, 0.2) is 51.9 Å². The summed E-state index contributed by atoms with van der Waals surface area (Å²) in [5.74, 6) is 0.823. The molecule has 1 fully saturated rings. The monoisotopic (exact) mass is 443 g/mol. The second-order valence-electron chi connectivity index (χ2n) is 8.16. The molecule has 2 aromatic carbocycles. The number of benzene rings is 2. The molecule has 164 valence electrons. The molecule has 3 aromatic rings. The van der Waals surface area contributed by atoms with Crippen LogP contribution in [0, 0.1) is 19.7 Å². The third-order valence-corrected chi connectivity index (χ3v) is 7.96. The molecule has 31 heavy (non-hydrogen) atoms. The molecule has 0 saturated carbocycles. The predicted molar refractivity (Wildman–Crippen MR) is 115 cm³/mol. The molecule has 8 heteroatoms. The Hall–Kier alpha value is -2.58. The third-order valence-electron chi connectivity index (χ3n) is 6.07. The van der Waals surface area contributed by atoms with Gasteiger partial charge in [-0.25, -0.2) is 12.8 Å². The van der Waals surface area contributed by atoms with Crippen molar-refractivity contribution in [3.63, 3.8) is 0 Å². The number of hydrogen-bond acceptors (Lipinski definition) is 5. The molecule has 4 rings (SSSR count). The van der Waals surface area contributed by atoms with Crippen LogP contribution in [0.3, 0.4) is 0 Å². The maximum atomic E-state index is 13.5. The lowest BCUT2D eigenvalue weighted by Crippen LogP contribution is -2.38. The third kappa shape index (κ3) is 4.27. The Labute approximate surface area is 182 Å². The summed E-state index contributed by atoms with van der Waals surface area (Å²) in [4.78, 5) is 4.75. The predicted octanol–water partition coefficient (Wildman–Crippen LogP) is 4.55. The van der Waals surface area contributed by atoms with Crippen LogP contribution in [0.2, 0.25) is 0 Å². The van der Waals surface area contributed by atoms with Crippen molar-refractivity contribution in [2.75, 3.05) is 13.1 Å². The first kappa shape index (κ1) is 21.6. The molecule has 1 aliphatic heterocycles. The fourth-order valence-electron chi connectivity index (χ4n) is 4.07. The lowest BCUT2D eigenvalue weighted by Gasteiger charge is -2.29. The van der Waals surface area contributed by atoms with Gasteiger partial charge in [-0.3, -0.25) is 0 Å². The van der Waals surface area contributed by atoms with Gasteiger partial charge >= 0.3 is 0 Å². The highest BCUT2D eigenvalue weighted by atomic mass is 32.2. The van der Waals surface area contributed by atoms with Crippen LogP contribution in [0.25, 0.3) is 0 Å². The van der Waals surface area contributed by atoms with Crippen LogP contribution in [-0.2, 0) is 10.0 Å². The molecule has 1 atom stereocenters. The first-order chi connectivity index (χ1) is 14.8. The molecular formula is C23H26FN3O3S. The van der Waals surface area contributed by atoms with Gasteiger partial charge in [0.15, 0.2) is 5.82 Å². The maximum Gasteiger partial charge on any atom is 0.243 e. The Morgan fingerprint density at radius 3 is 2.48 bits per heavy atom. The number of halogens is 1. The molecule has 0 bridgehead atoms. The zero-order chi connectivity index (χ0) is 22.2. The van der Waals surface area contributed by atoms with E-state index < -0.39 is 15.8 Å². The largest absolute Gasteiger partial charge is 0.339 e. The lowest BCUT2D eigenvalue weighted by atomic mass is 9.95. The Bertz CT molecular complexity index is 1180. The van der Waals surface area contributed by atoms with Crippen molar-refractivity contribution in [3.05, 3.63) is 76.7 Å². The minimum atomic E-state index is -3.66. The zero-order valence-electron chi connectivity index (χ0n) is 17.9. The van der Waals surface area contributed by atoms with E-state index in [9.17, 15) is 12.8 Å². The molecule has 1 saturated heterocycles. The topological polar surface area (TPSA) is 76.3 Å². The number of piperidine rings is 1. The number of rotatable bonds is 5. The molecular weight excluding hydrogens is 417 g/mol. The summed E-state index contributed by atoms with van der Waals surface area (Å²) in [5.41, 5.74) is 2.65. The summed E-state index contributed by atoms with van der Waals surface area (Å²) in [6.07, 6.45) is 1.19. The fourth-order valence-corrected chi connectivity index (χ4v) is 5.63. The minimum Gasteiger partial charge on any atom is -0.339 e. The molecule has 0 radical (unpaired) electrons. The quantitative estimate of drug-likeness (QED) is 0.578. The normalized spacial score (nSPS) is 17.0. The number of nitrogens with zero attached hydrogens (tertiary/aromatic N) is 3. The van der Waals surface area contributed by atoms with Gasteiger partial charge in [-0.1, -0.05) is 36.3 Å². The zero-order valence-corrected chi connectivity index (χ0v) is 18.7. The molecule has 0 amide bonds. The molecule has 6 nitrogen and oxygen atoms in total. The Morgan fingerprint density at radius 1 is 1.10 bits per heavy atom. The van der Waals surface area contributed by atoms with Crippen LogP contribution in [0.1, 0.15) is 60.0 Å². The van der Waals surface area contributed by atoms with Crippen LogP contribution in [0.4, 0.5) is 4.39 Å². The van der Waals surface area contributed by atoms with E-state index in [-0.39, 0.29) is 16.7 Å². The van der Waals surface area contributed by atoms with Gasteiger partial charge in [-0.15, -0.1) is 0 Å². The Morgan fingerprint density at radius 2 is 1.81 bits per heavy atom. The molecule has 1 aliphatic rings. The minimum absolute atomic E-state index is 0.0147. The molecule has 0 aliphatic carbocycles. The maximum absolute atomic E-state index is 13.5. The van der Waals surface area contributed by atoms with Crippen molar-refractivity contribution < 1.29 is 17.3 Å². The molecule has 2 heterocycles. The van der Waals surface area contributed by atoms with Crippen molar-refractivity contribution in [1.82, 2.24) is 14.4 Å². The Kier molecular flexibility index (Phi) is 5.94. The summed E-state index contributed by atoms with van der Waals surface area (Å²) in [6, 6.07) is 12.0. The summed E-state index contributed by atoms with van der Waals surface area (Å²) < 4.78 is 46.4. The van der Waals surface area contributed by atoms with E-state index in [4.69, 9.17) is 4.52 Å². The van der Waals surface area contributed by atoms with Gasteiger partial charge in [0, 0.05) is 24.9 Å². The average molecular weight is 444 g/mol. The van der Waals surface area contributed by atoms with Crippen LogP contribution in [-0.4, -0.2) is 36.0 Å². The smallest absolute Gasteiger partial charge is 0.243 e. The van der Waals surface area contributed by atoms with Crippen molar-refractivity contribution >= 4 is 10.0 Å². The summed E-state index contributed by atoms with van der Waals surface area (Å²) in [7, 11) is -3.66. The van der Waals surface area contributed by atoms with Gasteiger partial charge in [0.2, 0.25) is 15.9 Å². The van der Waals surface area contributed by atoms with E-state index >= 15 is 0 Å². The van der Waals surface area contributed by atoms with Gasteiger partial charge in [0.1, 0.15) is 5.82 Å². The Balaban J connectivity index is 1.45. The van der Waals surface area contributed by atoms with E-state index in [1.165, 1.54) is 28.1 Å². The highest BCUT2D eigenvalue weighted by Gasteiger charge is 2.32. The van der Waals surface area contributed by atoms with Crippen LogP contribution < -0.4 is 0 Å². The van der Waals surface area contributed by atoms with Gasteiger partial charge in [-0.05, 0) is 61.6 Å². The van der Waals surface area contributed by atoms with Crippen molar-refractivity contribution in [2.24, 2.45) is 0 Å². The van der Waals surface area contributed by atoms with Gasteiger partial charge in [0.25, 0.3) is 0 Å². The van der Waals surface area contributed by atoms with Crippen molar-refractivity contribution in [3.8, 4) is 0 Å². The molecule has 0 spiro atoms. The first-order valence-electron chi connectivity index (χ1n) is 10.4. The number of aromatic nitrogens is 2. The average Bonchev–Trinajstić information content (AvgIpc) is 3.26. The van der Waals surface area contributed by atoms with Gasteiger partial charge < -0.3 is 4.52 Å². The molecule has 0 unspecified atom stereocenters. The fraction of sp³-hybridized carbons (Fsp3) is 0.391. The van der Waals surface area contributed by atoms with Crippen LogP contribution in [0.5, 0.6) is 0 Å². The summed E-state index contributed by atoms with van der Waals surface area (Å²) >= 11 is 0. The van der Waals surface area contributed by atoms with Gasteiger partial charge in [0.05, 0.1) is 4.90 Å². The van der Waals surface area contributed by atoms with E-state index in [1.807, 2.05) is 12.1 Å². The number of hydrogen-bond donors (Lipinski definition) is 0. The second-order valence-corrected chi connectivity index (χ2v) is 10.1. The van der Waals surface area contributed by atoms with Crippen LogP contribution >= 0.6 is 0 Å². The molecule has 1 aromatic heterocycles. The van der Waals surface area contributed by atoms with Crippen molar-refractivity contribution in [1.29, 1.82) is 0 Å². The SMILES string of the molecule is Cc1cc(S(=O)(=O)N2CCC(c3nc([C@H](C)c4ccccc4C)no3)CC2)ccc1F. The molecule has 0 N–H and O–H groups in total. The van der Waals surface area contributed by atoms with E-state index in [1.54, 1.807) is 6.92 Å². The van der Waals surface area contributed by atoms with E-state index in [0.29, 0.717) is 43.2 Å². The number of aryl methyl sites for hydroxylation is 2. The lowest BCUT2D eigenvalue weighted by molar-refractivity contribution is 0.270.